The van der Waals surface area contributed by atoms with Crippen LogP contribution >= 0.6 is 0 Å². The molecular formula is C50H56N3O11S2-. The summed E-state index contributed by atoms with van der Waals surface area (Å²) in [5, 5.41) is 0.578. The summed E-state index contributed by atoms with van der Waals surface area (Å²) in [6.45, 7) is 9.83. The predicted octanol–water partition coefficient (Wildman–Crippen LogP) is 8.14. The summed E-state index contributed by atoms with van der Waals surface area (Å²) in [5.41, 5.74) is 7.49. The van der Waals surface area contributed by atoms with Crippen molar-refractivity contribution in [1.82, 2.24) is 5.06 Å². The maximum absolute atomic E-state index is 12.5. The van der Waals surface area contributed by atoms with Crippen molar-refractivity contribution >= 4 is 55.1 Å². The first-order valence-corrected chi connectivity index (χ1v) is 25.4. The Kier molecular flexibility index (Phi) is 14.4. The van der Waals surface area contributed by atoms with Crippen LogP contribution in [0, 0.1) is 0 Å². The lowest BCUT2D eigenvalue weighted by molar-refractivity contribution is -0.438. The number of rotatable bonds is 18. The molecule has 1 saturated heterocycles. The van der Waals surface area contributed by atoms with Gasteiger partial charge in [0.2, 0.25) is 5.69 Å². The first-order valence-electron chi connectivity index (χ1n) is 22.4. The van der Waals surface area contributed by atoms with Crippen molar-refractivity contribution in [3.8, 4) is 5.75 Å². The number of benzene rings is 3. The molecule has 3 aliphatic heterocycles. The third-order valence-corrected chi connectivity index (χ3v) is 14.4. The van der Waals surface area contributed by atoms with Crippen LogP contribution in [0.2, 0.25) is 0 Å². The molecule has 0 unspecified atom stereocenters. The number of ether oxygens (including phenoxy) is 1. The summed E-state index contributed by atoms with van der Waals surface area (Å²) in [7, 11) is -9.01. The molecule has 4 aliphatic rings. The van der Waals surface area contributed by atoms with E-state index in [0.717, 1.165) is 52.3 Å². The zero-order valence-corrected chi connectivity index (χ0v) is 39.4. The second-order valence-electron chi connectivity index (χ2n) is 18.1. The van der Waals surface area contributed by atoms with E-state index in [1.54, 1.807) is 0 Å². The van der Waals surface area contributed by atoms with E-state index >= 15 is 0 Å². The van der Waals surface area contributed by atoms with Crippen LogP contribution in [0.3, 0.4) is 0 Å². The minimum absolute atomic E-state index is 0.0410. The van der Waals surface area contributed by atoms with Gasteiger partial charge in [-0.25, -0.2) is 21.6 Å². The molecule has 3 aromatic carbocycles. The lowest BCUT2D eigenvalue weighted by atomic mass is 9.81. The van der Waals surface area contributed by atoms with E-state index in [4.69, 9.17) is 9.57 Å². The minimum atomic E-state index is -4.68. The maximum atomic E-state index is 12.5. The van der Waals surface area contributed by atoms with Gasteiger partial charge in [0.1, 0.15) is 28.2 Å². The van der Waals surface area contributed by atoms with E-state index < -0.39 is 49.2 Å². The SMILES string of the molecule is CC1(C)C(/C=C/C2=C(Oc3ccc(S(=O)(=O)[O-])cc3)C(=C/C=C3/N(CCCCS(=O)(=O)[O-])c4ccccc4C3(C)C)/CCC2)=[N+](CCCCCC(=O)ON2C(=O)CCC2=O)c2ccccc21. The Balaban J connectivity index is 1.21. The summed E-state index contributed by atoms with van der Waals surface area (Å²) in [6, 6.07) is 21.8. The molecule has 0 radical (unpaired) electrons. The fraction of sp³-hybridized carbons (Fsp3) is 0.400. The molecule has 0 saturated carbocycles. The van der Waals surface area contributed by atoms with Crippen LogP contribution in [0.5, 0.6) is 5.75 Å². The normalized spacial score (nSPS) is 19.4. The lowest BCUT2D eigenvalue weighted by Gasteiger charge is -2.28. The fourth-order valence-corrected chi connectivity index (χ4v) is 10.4. The van der Waals surface area contributed by atoms with Crippen molar-refractivity contribution in [2.75, 3.05) is 23.7 Å². The Morgan fingerprint density at radius 2 is 1.44 bits per heavy atom. The number of hydrogen-bond acceptors (Lipinski definition) is 12. The first-order chi connectivity index (χ1) is 31.3. The maximum Gasteiger partial charge on any atom is 0.333 e. The van der Waals surface area contributed by atoms with Gasteiger partial charge in [-0.2, -0.15) is 4.58 Å². The van der Waals surface area contributed by atoms with Crippen LogP contribution in [0.25, 0.3) is 0 Å². The molecule has 1 fully saturated rings. The van der Waals surface area contributed by atoms with Gasteiger partial charge in [0.05, 0.1) is 20.4 Å². The molecule has 2 amide bonds. The number of amides is 2. The summed E-state index contributed by atoms with van der Waals surface area (Å²) in [4.78, 5) is 43.1. The minimum Gasteiger partial charge on any atom is -0.748 e. The van der Waals surface area contributed by atoms with Gasteiger partial charge >= 0.3 is 5.97 Å². The number of fused-ring (bicyclic) bond motifs is 2. The summed E-state index contributed by atoms with van der Waals surface area (Å²) >= 11 is 0. The molecule has 3 aromatic rings. The molecule has 0 N–H and O–H groups in total. The van der Waals surface area contributed by atoms with Gasteiger partial charge in [-0.1, -0.05) is 56.3 Å². The second kappa shape index (κ2) is 19.7. The Morgan fingerprint density at radius 1 is 0.758 bits per heavy atom. The first kappa shape index (κ1) is 48.3. The number of para-hydroxylation sites is 2. The van der Waals surface area contributed by atoms with Crippen LogP contribution in [0.1, 0.15) is 109 Å². The van der Waals surface area contributed by atoms with Crippen molar-refractivity contribution in [3.63, 3.8) is 0 Å². The zero-order chi connectivity index (χ0) is 47.4. The molecule has 16 heteroatoms. The van der Waals surface area contributed by atoms with Crippen molar-refractivity contribution in [2.24, 2.45) is 0 Å². The topological polar surface area (TPSA) is 194 Å². The predicted molar refractivity (Wildman–Crippen MR) is 247 cm³/mol. The van der Waals surface area contributed by atoms with E-state index in [0.29, 0.717) is 61.8 Å². The zero-order valence-electron chi connectivity index (χ0n) is 37.8. The number of imide groups is 1. The quantitative estimate of drug-likeness (QED) is 0.0515. The molecule has 0 spiro atoms. The van der Waals surface area contributed by atoms with E-state index in [1.807, 2.05) is 30.3 Å². The molecule has 350 valence electrons. The van der Waals surface area contributed by atoms with Gasteiger partial charge in [-0.3, -0.25) is 9.59 Å². The van der Waals surface area contributed by atoms with Crippen LogP contribution < -0.4 is 9.64 Å². The van der Waals surface area contributed by atoms with Gasteiger partial charge in [-0.15, -0.1) is 5.06 Å². The Hall–Kier alpha value is -5.68. The number of nitrogens with zero attached hydrogens (tertiary/aromatic N) is 3. The highest BCUT2D eigenvalue weighted by Crippen LogP contribution is 2.48. The van der Waals surface area contributed by atoms with Crippen molar-refractivity contribution in [3.05, 3.63) is 131 Å². The highest BCUT2D eigenvalue weighted by atomic mass is 32.2. The van der Waals surface area contributed by atoms with Gasteiger partial charge in [0.25, 0.3) is 11.8 Å². The largest absolute Gasteiger partial charge is 0.748 e. The molecular weight excluding hydrogens is 883 g/mol. The van der Waals surface area contributed by atoms with Crippen LogP contribution in [0.4, 0.5) is 11.4 Å². The number of hydrogen-bond donors (Lipinski definition) is 0. The highest BCUT2D eigenvalue weighted by Gasteiger charge is 2.44. The Bertz CT molecular complexity index is 2770. The summed E-state index contributed by atoms with van der Waals surface area (Å²) < 4.78 is 78.5. The van der Waals surface area contributed by atoms with E-state index in [-0.39, 0.29) is 36.0 Å². The smallest absolute Gasteiger partial charge is 0.333 e. The Labute approximate surface area is 387 Å². The third kappa shape index (κ3) is 10.8. The summed E-state index contributed by atoms with van der Waals surface area (Å²) in [6.07, 6.45) is 13.4. The van der Waals surface area contributed by atoms with Gasteiger partial charge in [-0.05, 0) is 118 Å². The molecule has 14 nitrogen and oxygen atoms in total. The number of unbranched alkanes of at least 4 members (excludes halogenated alkanes) is 3. The number of hydroxylamine groups is 2. The van der Waals surface area contributed by atoms with E-state index in [2.05, 4.69) is 79.7 Å². The van der Waals surface area contributed by atoms with Gasteiger partial charge < -0.3 is 23.6 Å². The molecule has 0 bridgehead atoms. The number of allylic oxidation sites excluding steroid dienone is 7. The summed E-state index contributed by atoms with van der Waals surface area (Å²) in [5.74, 6) is -1.08. The Morgan fingerprint density at radius 3 is 2.14 bits per heavy atom. The van der Waals surface area contributed by atoms with Crippen LogP contribution in [-0.4, -0.2) is 77.9 Å². The van der Waals surface area contributed by atoms with E-state index in [1.165, 1.54) is 29.8 Å². The second-order valence-corrected chi connectivity index (χ2v) is 21.0. The highest BCUT2D eigenvalue weighted by molar-refractivity contribution is 7.86. The number of carbonyl (C=O) groups is 3. The standard InChI is InChI=1S/C50H57N3O11S2/c1-49(2)39-17-7-9-19-41(39)51(32-11-5-6-21-47(56)64-53-45(54)30-31-46(53)55)43(49)28-22-35-15-14-16-36(48(35)63-37-24-26-38(27-25-37)66(60,61)62)23-29-44-50(3,4)40-18-8-10-20-42(40)52(44)33-12-13-34-65(57,58)59/h7-10,17-20,22-29H,5-6,11-16,21,30-34H2,1-4H3,(H-,57,58,59,60,61,62)/p-1. The van der Waals surface area contributed by atoms with Crippen molar-refractivity contribution in [1.29, 1.82) is 0 Å². The lowest BCUT2D eigenvalue weighted by Crippen LogP contribution is -2.31. The molecule has 7 rings (SSSR count). The molecule has 3 heterocycles. The molecule has 0 atom stereocenters. The van der Waals surface area contributed by atoms with Crippen molar-refractivity contribution < 1.29 is 54.5 Å². The van der Waals surface area contributed by atoms with E-state index in [9.17, 15) is 40.3 Å². The van der Waals surface area contributed by atoms with Gasteiger partial charge in [0.15, 0.2) is 5.71 Å². The average Bonchev–Trinajstić information content (AvgIpc) is 3.78. The van der Waals surface area contributed by atoms with Crippen LogP contribution in [-0.2, 0) is 50.3 Å². The molecule has 1 aliphatic carbocycles. The number of anilines is 1. The molecule has 0 aromatic heterocycles. The fourth-order valence-electron chi connectivity index (χ4n) is 9.34. The average molecular weight is 939 g/mol. The number of carbonyl (C=O) groups excluding carboxylic acids is 3. The molecule has 66 heavy (non-hydrogen) atoms. The van der Waals surface area contributed by atoms with Gasteiger partial charge in [0, 0.05) is 72.5 Å². The van der Waals surface area contributed by atoms with Crippen LogP contribution in [0.15, 0.2) is 125 Å². The third-order valence-electron chi connectivity index (χ3n) is 12.8. The van der Waals surface area contributed by atoms with Crippen molar-refractivity contribution in [2.45, 2.75) is 114 Å². The monoisotopic (exact) mass is 938 g/mol.